The van der Waals surface area contributed by atoms with E-state index in [1.165, 1.54) is 0 Å². The Labute approximate surface area is 83.5 Å². The molecule has 0 aliphatic heterocycles. The van der Waals surface area contributed by atoms with Gasteiger partial charge in [-0.15, -0.1) is 0 Å². The van der Waals surface area contributed by atoms with Gasteiger partial charge in [0.05, 0.1) is 0 Å². The highest BCUT2D eigenvalue weighted by Crippen LogP contribution is 1.92. The number of hydrogen-bond acceptors (Lipinski definition) is 3. The van der Waals surface area contributed by atoms with Crippen LogP contribution in [0.25, 0.3) is 0 Å². The smallest absolute Gasteiger partial charge is 0.244 e. The van der Waals surface area contributed by atoms with Gasteiger partial charge in [0, 0.05) is 26.0 Å². The SMILES string of the molecule is CN(CCCN)C(=O)Cn1cccn1. The van der Waals surface area contributed by atoms with Gasteiger partial charge >= 0.3 is 0 Å². The Balaban J connectivity index is 2.34. The van der Waals surface area contributed by atoms with Crippen molar-refractivity contribution in [2.75, 3.05) is 20.1 Å². The Bertz CT molecular complexity index is 270. The lowest BCUT2D eigenvalue weighted by atomic mass is 10.4. The van der Waals surface area contributed by atoms with E-state index >= 15 is 0 Å². The lowest BCUT2D eigenvalue weighted by molar-refractivity contribution is -0.130. The van der Waals surface area contributed by atoms with Crippen molar-refractivity contribution in [2.24, 2.45) is 5.73 Å². The highest BCUT2D eigenvalue weighted by molar-refractivity contribution is 5.75. The molecule has 1 aromatic rings. The van der Waals surface area contributed by atoms with E-state index in [0.717, 1.165) is 6.42 Å². The summed E-state index contributed by atoms with van der Waals surface area (Å²) in [5, 5.41) is 3.96. The summed E-state index contributed by atoms with van der Waals surface area (Å²) >= 11 is 0. The monoisotopic (exact) mass is 196 g/mol. The topological polar surface area (TPSA) is 64.2 Å². The van der Waals surface area contributed by atoms with Gasteiger partial charge < -0.3 is 10.6 Å². The van der Waals surface area contributed by atoms with E-state index in [2.05, 4.69) is 5.10 Å². The van der Waals surface area contributed by atoms with Gasteiger partial charge in [-0.2, -0.15) is 5.10 Å². The van der Waals surface area contributed by atoms with Crippen LogP contribution in [0.2, 0.25) is 0 Å². The summed E-state index contributed by atoms with van der Waals surface area (Å²) in [4.78, 5) is 13.2. The van der Waals surface area contributed by atoms with Crippen molar-refractivity contribution in [3.63, 3.8) is 0 Å². The van der Waals surface area contributed by atoms with Gasteiger partial charge in [0.1, 0.15) is 6.54 Å². The molecule has 0 fully saturated rings. The quantitative estimate of drug-likeness (QED) is 0.702. The molecule has 0 aliphatic carbocycles. The predicted molar refractivity (Wildman–Crippen MR) is 53.5 cm³/mol. The van der Waals surface area contributed by atoms with Crippen LogP contribution in [-0.2, 0) is 11.3 Å². The zero-order valence-electron chi connectivity index (χ0n) is 8.39. The maximum atomic E-state index is 11.5. The van der Waals surface area contributed by atoms with E-state index < -0.39 is 0 Å². The van der Waals surface area contributed by atoms with E-state index in [0.29, 0.717) is 19.6 Å². The van der Waals surface area contributed by atoms with Crippen molar-refractivity contribution in [1.82, 2.24) is 14.7 Å². The minimum Gasteiger partial charge on any atom is -0.344 e. The summed E-state index contributed by atoms with van der Waals surface area (Å²) in [6.45, 7) is 1.62. The maximum Gasteiger partial charge on any atom is 0.244 e. The van der Waals surface area contributed by atoms with Crippen LogP contribution < -0.4 is 5.73 Å². The summed E-state index contributed by atoms with van der Waals surface area (Å²) in [5.74, 6) is 0.0575. The second-order valence-electron chi connectivity index (χ2n) is 3.16. The van der Waals surface area contributed by atoms with Crippen molar-refractivity contribution in [3.05, 3.63) is 18.5 Å². The lowest BCUT2D eigenvalue weighted by Crippen LogP contribution is -2.32. The van der Waals surface area contributed by atoms with Crippen molar-refractivity contribution >= 4 is 5.91 Å². The summed E-state index contributed by atoms with van der Waals surface area (Å²) in [5.41, 5.74) is 5.36. The first-order valence-corrected chi connectivity index (χ1v) is 4.65. The first-order chi connectivity index (χ1) is 6.74. The minimum atomic E-state index is 0.0575. The Morgan fingerprint density at radius 3 is 3.00 bits per heavy atom. The molecule has 1 rings (SSSR count). The minimum absolute atomic E-state index is 0.0575. The first-order valence-electron chi connectivity index (χ1n) is 4.65. The number of likely N-dealkylation sites (N-methyl/N-ethyl adjacent to an activating group) is 1. The van der Waals surface area contributed by atoms with Crippen LogP contribution in [0.5, 0.6) is 0 Å². The number of amides is 1. The molecular weight excluding hydrogens is 180 g/mol. The summed E-state index contributed by atoms with van der Waals surface area (Å²) in [6, 6.07) is 1.80. The molecule has 0 atom stereocenters. The standard InChI is InChI=1S/C9H16N4O/c1-12(6-2-4-10)9(14)8-13-7-3-5-11-13/h3,5,7H,2,4,6,8,10H2,1H3. The number of rotatable bonds is 5. The van der Waals surface area contributed by atoms with Gasteiger partial charge in [-0.05, 0) is 19.0 Å². The molecule has 78 valence electrons. The molecule has 5 heteroatoms. The molecule has 0 saturated heterocycles. The van der Waals surface area contributed by atoms with Crippen LogP contribution in [0.15, 0.2) is 18.5 Å². The van der Waals surface area contributed by atoms with E-state index in [1.807, 2.05) is 0 Å². The summed E-state index contributed by atoms with van der Waals surface area (Å²) in [7, 11) is 1.78. The summed E-state index contributed by atoms with van der Waals surface area (Å²) < 4.78 is 1.61. The van der Waals surface area contributed by atoms with Crippen molar-refractivity contribution in [1.29, 1.82) is 0 Å². The average Bonchev–Trinajstić information content (AvgIpc) is 2.66. The molecule has 0 aliphatic rings. The highest BCUT2D eigenvalue weighted by Gasteiger charge is 2.08. The Hall–Kier alpha value is -1.36. The molecular formula is C9H16N4O. The third kappa shape index (κ3) is 3.18. The van der Waals surface area contributed by atoms with Crippen LogP contribution in [0.3, 0.4) is 0 Å². The molecule has 1 amide bonds. The molecule has 0 saturated carbocycles. The van der Waals surface area contributed by atoms with Crippen LogP contribution in [0, 0.1) is 0 Å². The van der Waals surface area contributed by atoms with E-state index in [-0.39, 0.29) is 5.91 Å². The number of hydrogen-bond donors (Lipinski definition) is 1. The third-order valence-corrected chi connectivity index (χ3v) is 1.98. The number of nitrogens with two attached hydrogens (primary N) is 1. The first kappa shape index (κ1) is 10.7. The second kappa shape index (κ2) is 5.39. The fourth-order valence-corrected chi connectivity index (χ4v) is 1.11. The van der Waals surface area contributed by atoms with Crippen molar-refractivity contribution in [2.45, 2.75) is 13.0 Å². The van der Waals surface area contributed by atoms with E-state index in [9.17, 15) is 4.79 Å². The molecule has 0 aromatic carbocycles. The van der Waals surface area contributed by atoms with Gasteiger partial charge in [0.15, 0.2) is 0 Å². The number of carbonyl (C=O) groups excluding carboxylic acids is 1. The zero-order chi connectivity index (χ0) is 10.4. The molecule has 1 aromatic heterocycles. The third-order valence-electron chi connectivity index (χ3n) is 1.98. The zero-order valence-corrected chi connectivity index (χ0v) is 8.39. The second-order valence-corrected chi connectivity index (χ2v) is 3.16. The predicted octanol–water partition coefficient (Wildman–Crippen LogP) is -0.310. The average molecular weight is 196 g/mol. The fourth-order valence-electron chi connectivity index (χ4n) is 1.11. The van der Waals surface area contributed by atoms with Gasteiger partial charge in [0.25, 0.3) is 0 Å². The van der Waals surface area contributed by atoms with Gasteiger partial charge in [0.2, 0.25) is 5.91 Å². The molecule has 1 heterocycles. The largest absolute Gasteiger partial charge is 0.344 e. The van der Waals surface area contributed by atoms with Crippen LogP contribution >= 0.6 is 0 Å². The van der Waals surface area contributed by atoms with Gasteiger partial charge in [-0.3, -0.25) is 9.48 Å². The fraction of sp³-hybridized carbons (Fsp3) is 0.556. The van der Waals surface area contributed by atoms with Crippen LogP contribution in [0.1, 0.15) is 6.42 Å². The van der Waals surface area contributed by atoms with Gasteiger partial charge in [-0.25, -0.2) is 0 Å². The normalized spacial score (nSPS) is 10.1. The summed E-state index contributed by atoms with van der Waals surface area (Å²) in [6.07, 6.45) is 4.27. The molecule has 0 bridgehead atoms. The molecule has 0 unspecified atom stereocenters. The maximum absolute atomic E-state index is 11.5. The van der Waals surface area contributed by atoms with Crippen molar-refractivity contribution < 1.29 is 4.79 Å². The van der Waals surface area contributed by atoms with E-state index in [1.54, 1.807) is 35.1 Å². The molecule has 2 N–H and O–H groups in total. The number of nitrogens with zero attached hydrogens (tertiary/aromatic N) is 3. The van der Waals surface area contributed by atoms with E-state index in [4.69, 9.17) is 5.73 Å². The Morgan fingerprint density at radius 2 is 2.43 bits per heavy atom. The van der Waals surface area contributed by atoms with Gasteiger partial charge in [-0.1, -0.05) is 0 Å². The molecule has 5 nitrogen and oxygen atoms in total. The number of aromatic nitrogens is 2. The molecule has 14 heavy (non-hydrogen) atoms. The Morgan fingerprint density at radius 1 is 1.64 bits per heavy atom. The van der Waals surface area contributed by atoms with Crippen molar-refractivity contribution in [3.8, 4) is 0 Å². The lowest BCUT2D eigenvalue weighted by Gasteiger charge is -2.16. The number of carbonyl (C=O) groups is 1. The highest BCUT2D eigenvalue weighted by atomic mass is 16.2. The molecule has 0 spiro atoms. The van der Waals surface area contributed by atoms with Crippen LogP contribution in [0.4, 0.5) is 0 Å². The molecule has 0 radical (unpaired) electrons. The van der Waals surface area contributed by atoms with Crippen LogP contribution in [-0.4, -0.2) is 40.7 Å². The Kier molecular flexibility index (Phi) is 4.12.